The van der Waals surface area contributed by atoms with E-state index in [0.717, 1.165) is 24.4 Å². The molecule has 1 heteroatoms. The number of hydrogen-bond donors (Lipinski definition) is 1. The SMILES string of the molecule is CCCCCCCCCC(NCC)C1CCC(C)C1. The van der Waals surface area contributed by atoms with E-state index in [1.165, 1.54) is 70.6 Å². The van der Waals surface area contributed by atoms with Crippen LogP contribution in [0.25, 0.3) is 0 Å². The van der Waals surface area contributed by atoms with Crippen molar-refractivity contribution in [3.63, 3.8) is 0 Å². The van der Waals surface area contributed by atoms with Crippen LogP contribution in [0.3, 0.4) is 0 Å². The van der Waals surface area contributed by atoms with Crippen LogP contribution in [0.4, 0.5) is 0 Å². The summed E-state index contributed by atoms with van der Waals surface area (Å²) in [4.78, 5) is 0. The first-order valence-electron chi connectivity index (χ1n) is 9.01. The molecule has 0 bridgehead atoms. The van der Waals surface area contributed by atoms with Crippen molar-refractivity contribution in [1.29, 1.82) is 0 Å². The normalized spacial score (nSPS) is 24.8. The van der Waals surface area contributed by atoms with Gasteiger partial charge < -0.3 is 5.32 Å². The van der Waals surface area contributed by atoms with Gasteiger partial charge in [-0.05, 0) is 37.6 Å². The van der Waals surface area contributed by atoms with Gasteiger partial charge in [0.25, 0.3) is 0 Å². The lowest BCUT2D eigenvalue weighted by atomic mass is 9.92. The van der Waals surface area contributed by atoms with Gasteiger partial charge in [-0.3, -0.25) is 0 Å². The van der Waals surface area contributed by atoms with Gasteiger partial charge in [-0.2, -0.15) is 0 Å². The number of rotatable bonds is 11. The van der Waals surface area contributed by atoms with Crippen molar-refractivity contribution in [2.75, 3.05) is 6.54 Å². The maximum absolute atomic E-state index is 3.76. The molecule has 1 rings (SSSR count). The van der Waals surface area contributed by atoms with Gasteiger partial charge in [-0.15, -0.1) is 0 Å². The van der Waals surface area contributed by atoms with Crippen LogP contribution in [0.15, 0.2) is 0 Å². The fourth-order valence-electron chi connectivity index (χ4n) is 3.70. The monoisotopic (exact) mass is 267 g/mol. The summed E-state index contributed by atoms with van der Waals surface area (Å²) in [5.41, 5.74) is 0. The average Bonchev–Trinajstić information content (AvgIpc) is 2.83. The van der Waals surface area contributed by atoms with E-state index in [4.69, 9.17) is 0 Å². The molecule has 0 aromatic heterocycles. The molecule has 3 atom stereocenters. The molecule has 0 aromatic rings. The van der Waals surface area contributed by atoms with Crippen LogP contribution in [-0.2, 0) is 0 Å². The van der Waals surface area contributed by atoms with E-state index in [-0.39, 0.29) is 0 Å². The van der Waals surface area contributed by atoms with Crippen molar-refractivity contribution < 1.29 is 0 Å². The van der Waals surface area contributed by atoms with E-state index in [2.05, 4.69) is 26.1 Å². The highest BCUT2D eigenvalue weighted by molar-refractivity contribution is 4.83. The van der Waals surface area contributed by atoms with Gasteiger partial charge in [-0.25, -0.2) is 0 Å². The van der Waals surface area contributed by atoms with E-state index in [1.54, 1.807) is 0 Å². The van der Waals surface area contributed by atoms with Gasteiger partial charge >= 0.3 is 0 Å². The predicted octanol–water partition coefficient (Wildman–Crippen LogP) is 5.54. The molecule has 0 amide bonds. The Morgan fingerprint density at radius 1 is 0.947 bits per heavy atom. The second-order valence-corrected chi connectivity index (χ2v) is 6.75. The molecule has 0 radical (unpaired) electrons. The van der Waals surface area contributed by atoms with Crippen LogP contribution in [0, 0.1) is 11.8 Å². The summed E-state index contributed by atoms with van der Waals surface area (Å²) in [6, 6.07) is 0.811. The molecule has 1 N–H and O–H groups in total. The summed E-state index contributed by atoms with van der Waals surface area (Å²) in [7, 11) is 0. The fraction of sp³-hybridized carbons (Fsp3) is 1.00. The highest BCUT2D eigenvalue weighted by atomic mass is 14.9. The third-order valence-electron chi connectivity index (χ3n) is 4.89. The molecular weight excluding hydrogens is 230 g/mol. The van der Waals surface area contributed by atoms with Gasteiger partial charge in [0.2, 0.25) is 0 Å². The van der Waals surface area contributed by atoms with Gasteiger partial charge in [0.1, 0.15) is 0 Å². The van der Waals surface area contributed by atoms with Crippen LogP contribution < -0.4 is 5.32 Å². The van der Waals surface area contributed by atoms with Crippen LogP contribution in [0.5, 0.6) is 0 Å². The number of unbranched alkanes of at least 4 members (excludes halogenated alkanes) is 6. The molecular formula is C18H37N. The van der Waals surface area contributed by atoms with E-state index in [1.807, 2.05) is 0 Å². The first-order valence-corrected chi connectivity index (χ1v) is 9.01. The second-order valence-electron chi connectivity index (χ2n) is 6.75. The van der Waals surface area contributed by atoms with Crippen LogP contribution in [0.2, 0.25) is 0 Å². The van der Waals surface area contributed by atoms with Crippen LogP contribution in [-0.4, -0.2) is 12.6 Å². The van der Waals surface area contributed by atoms with Crippen molar-refractivity contribution >= 4 is 0 Å². The Labute approximate surface area is 121 Å². The smallest absolute Gasteiger partial charge is 0.00953 e. The lowest BCUT2D eigenvalue weighted by molar-refractivity contribution is 0.328. The van der Waals surface area contributed by atoms with Gasteiger partial charge in [0.15, 0.2) is 0 Å². The Balaban J connectivity index is 2.08. The first-order chi connectivity index (χ1) is 9.27. The Hall–Kier alpha value is -0.0400. The fourth-order valence-corrected chi connectivity index (χ4v) is 3.70. The van der Waals surface area contributed by atoms with Crippen molar-refractivity contribution in [2.24, 2.45) is 11.8 Å². The van der Waals surface area contributed by atoms with Crippen LogP contribution >= 0.6 is 0 Å². The highest BCUT2D eigenvalue weighted by Gasteiger charge is 2.27. The summed E-state index contributed by atoms with van der Waals surface area (Å²) in [6.45, 7) is 8.13. The van der Waals surface area contributed by atoms with Gasteiger partial charge in [0.05, 0.1) is 0 Å². The highest BCUT2D eigenvalue weighted by Crippen LogP contribution is 2.34. The van der Waals surface area contributed by atoms with Gasteiger partial charge in [0, 0.05) is 6.04 Å². The minimum Gasteiger partial charge on any atom is -0.314 e. The molecule has 0 spiro atoms. The summed E-state index contributed by atoms with van der Waals surface area (Å²) in [5, 5.41) is 3.76. The minimum absolute atomic E-state index is 0.811. The zero-order valence-electron chi connectivity index (χ0n) is 13.7. The molecule has 0 heterocycles. The van der Waals surface area contributed by atoms with E-state index < -0.39 is 0 Å². The van der Waals surface area contributed by atoms with Crippen molar-refractivity contribution in [3.8, 4) is 0 Å². The molecule has 1 fully saturated rings. The van der Waals surface area contributed by atoms with Crippen molar-refractivity contribution in [3.05, 3.63) is 0 Å². The molecule has 1 nitrogen and oxygen atoms in total. The zero-order chi connectivity index (χ0) is 13.9. The summed E-state index contributed by atoms with van der Waals surface area (Å²) in [5.74, 6) is 1.94. The molecule has 19 heavy (non-hydrogen) atoms. The van der Waals surface area contributed by atoms with Gasteiger partial charge in [-0.1, -0.05) is 72.1 Å². The van der Waals surface area contributed by atoms with Crippen molar-refractivity contribution in [1.82, 2.24) is 5.32 Å². The topological polar surface area (TPSA) is 12.0 Å². The number of nitrogens with one attached hydrogen (secondary N) is 1. The van der Waals surface area contributed by atoms with E-state index >= 15 is 0 Å². The third-order valence-corrected chi connectivity index (χ3v) is 4.89. The van der Waals surface area contributed by atoms with E-state index in [9.17, 15) is 0 Å². The molecule has 114 valence electrons. The quantitative estimate of drug-likeness (QED) is 0.485. The third kappa shape index (κ3) is 7.34. The maximum atomic E-state index is 3.76. The molecule has 1 aliphatic carbocycles. The minimum atomic E-state index is 0.811. The zero-order valence-corrected chi connectivity index (χ0v) is 13.7. The average molecular weight is 268 g/mol. The Bertz CT molecular complexity index is 202. The molecule has 3 unspecified atom stereocenters. The van der Waals surface area contributed by atoms with Crippen LogP contribution in [0.1, 0.15) is 91.4 Å². The second kappa shape index (κ2) is 10.7. The lowest BCUT2D eigenvalue weighted by Gasteiger charge is -2.24. The molecule has 0 aromatic carbocycles. The Morgan fingerprint density at radius 3 is 2.21 bits per heavy atom. The number of hydrogen-bond acceptors (Lipinski definition) is 1. The summed E-state index contributed by atoms with van der Waals surface area (Å²) in [6.07, 6.45) is 15.9. The molecule has 0 saturated heterocycles. The molecule has 1 saturated carbocycles. The molecule has 0 aliphatic heterocycles. The maximum Gasteiger partial charge on any atom is 0.00953 e. The Kier molecular flexibility index (Phi) is 9.59. The Morgan fingerprint density at radius 2 is 1.63 bits per heavy atom. The van der Waals surface area contributed by atoms with E-state index in [0.29, 0.717) is 0 Å². The lowest BCUT2D eigenvalue weighted by Crippen LogP contribution is -2.35. The first kappa shape index (κ1) is 17.0. The largest absolute Gasteiger partial charge is 0.314 e. The van der Waals surface area contributed by atoms with Crippen molar-refractivity contribution in [2.45, 2.75) is 97.4 Å². The standard InChI is InChI=1S/C18H37N/c1-4-6-7-8-9-10-11-12-18(19-5-2)17-14-13-16(3)15-17/h16-19H,4-15H2,1-3H3. The predicted molar refractivity (Wildman–Crippen MR) is 86.6 cm³/mol. The summed E-state index contributed by atoms with van der Waals surface area (Å²) < 4.78 is 0. The summed E-state index contributed by atoms with van der Waals surface area (Å²) >= 11 is 0. The molecule has 1 aliphatic rings.